The summed E-state index contributed by atoms with van der Waals surface area (Å²) in [6.45, 7) is 0. The molecule has 0 atom stereocenters. The number of rotatable bonds is 1. The molecule has 0 amide bonds. The van der Waals surface area contributed by atoms with E-state index >= 15 is 0 Å². The molecule has 0 aliphatic heterocycles. The van der Waals surface area contributed by atoms with E-state index in [1.165, 1.54) is 51.8 Å². The first kappa shape index (κ1) is 17.2. The third kappa shape index (κ3) is 2.87. The Balaban J connectivity index is 1.57. The van der Waals surface area contributed by atoms with Crippen LogP contribution in [0.5, 0.6) is 0 Å². The summed E-state index contributed by atoms with van der Waals surface area (Å²) in [6, 6.07) is 8.66. The van der Waals surface area contributed by atoms with Crippen molar-refractivity contribution in [2.45, 2.75) is 51.4 Å². The van der Waals surface area contributed by atoms with Crippen LogP contribution in [0, 0.1) is 0 Å². The maximum atomic E-state index is 5.09. The lowest BCUT2D eigenvalue weighted by Crippen LogP contribution is -2.00. The number of benzene rings is 1. The number of aromatic nitrogens is 4. The fourth-order valence-electron chi connectivity index (χ4n) is 4.81. The zero-order valence-corrected chi connectivity index (χ0v) is 17.1. The van der Waals surface area contributed by atoms with Gasteiger partial charge in [-0.2, -0.15) is 0 Å². The maximum absolute atomic E-state index is 5.09. The summed E-state index contributed by atoms with van der Waals surface area (Å²) in [6.07, 6.45) is 13.1. The SMILES string of the molecule is c1ccc2c(c1)CCCc1cnc(-c3ncnc4sc5c(c34)CCCCC5)nc1-2. The van der Waals surface area contributed by atoms with Gasteiger partial charge in [0.25, 0.3) is 0 Å². The summed E-state index contributed by atoms with van der Waals surface area (Å²) in [5, 5.41) is 1.19. The van der Waals surface area contributed by atoms with Crippen molar-refractivity contribution in [3.8, 4) is 22.8 Å². The molecule has 144 valence electrons. The average molecular weight is 399 g/mol. The Kier molecular flexibility index (Phi) is 4.15. The third-order valence-corrected chi connectivity index (χ3v) is 7.44. The molecular formula is C24H22N4S. The van der Waals surface area contributed by atoms with E-state index < -0.39 is 0 Å². The topological polar surface area (TPSA) is 51.6 Å². The minimum absolute atomic E-state index is 0.734. The van der Waals surface area contributed by atoms with Crippen molar-refractivity contribution in [3.63, 3.8) is 0 Å². The van der Waals surface area contributed by atoms with E-state index in [1.807, 2.05) is 17.5 Å². The van der Waals surface area contributed by atoms with Crippen LogP contribution in [-0.2, 0) is 25.7 Å². The second-order valence-corrected chi connectivity index (χ2v) is 9.13. The van der Waals surface area contributed by atoms with Crippen LogP contribution in [0.1, 0.15) is 47.3 Å². The van der Waals surface area contributed by atoms with E-state index in [9.17, 15) is 0 Å². The second kappa shape index (κ2) is 6.99. The van der Waals surface area contributed by atoms with E-state index in [-0.39, 0.29) is 0 Å². The van der Waals surface area contributed by atoms with Crippen LogP contribution in [0.25, 0.3) is 33.0 Å². The van der Waals surface area contributed by atoms with Crippen LogP contribution < -0.4 is 0 Å². The predicted molar refractivity (Wildman–Crippen MR) is 117 cm³/mol. The Bertz CT molecular complexity index is 1230. The molecule has 0 saturated carbocycles. The quantitative estimate of drug-likeness (QED) is 0.393. The van der Waals surface area contributed by atoms with Gasteiger partial charge in [-0.25, -0.2) is 19.9 Å². The molecule has 3 heterocycles. The zero-order valence-electron chi connectivity index (χ0n) is 16.3. The lowest BCUT2D eigenvalue weighted by atomic mass is 10.0. The molecule has 2 aliphatic rings. The van der Waals surface area contributed by atoms with Gasteiger partial charge in [-0.15, -0.1) is 11.3 Å². The molecule has 0 spiro atoms. The molecule has 4 aromatic rings. The Morgan fingerprint density at radius 2 is 1.66 bits per heavy atom. The molecule has 6 rings (SSSR count). The van der Waals surface area contributed by atoms with E-state index in [0.717, 1.165) is 54.1 Å². The van der Waals surface area contributed by atoms with E-state index in [4.69, 9.17) is 9.97 Å². The molecule has 0 bridgehead atoms. The summed E-state index contributed by atoms with van der Waals surface area (Å²) in [5.74, 6) is 0.734. The van der Waals surface area contributed by atoms with Crippen molar-refractivity contribution in [2.24, 2.45) is 0 Å². The normalized spacial score (nSPS) is 15.9. The smallest absolute Gasteiger partial charge is 0.179 e. The molecule has 0 fully saturated rings. The summed E-state index contributed by atoms with van der Waals surface area (Å²) >= 11 is 1.84. The van der Waals surface area contributed by atoms with Crippen molar-refractivity contribution in [3.05, 3.63) is 58.4 Å². The predicted octanol–water partition coefficient (Wildman–Crippen LogP) is 5.57. The number of thiophene rings is 1. The lowest BCUT2D eigenvalue weighted by Gasteiger charge is -2.10. The first-order valence-electron chi connectivity index (χ1n) is 10.6. The number of nitrogens with zero attached hydrogens (tertiary/aromatic N) is 4. The van der Waals surface area contributed by atoms with Crippen molar-refractivity contribution in [2.75, 3.05) is 0 Å². The van der Waals surface area contributed by atoms with Crippen LogP contribution in [-0.4, -0.2) is 19.9 Å². The Morgan fingerprint density at radius 3 is 2.66 bits per heavy atom. The maximum Gasteiger partial charge on any atom is 0.179 e. The molecule has 3 aromatic heterocycles. The Morgan fingerprint density at radius 1 is 0.759 bits per heavy atom. The summed E-state index contributed by atoms with van der Waals surface area (Å²) < 4.78 is 0. The average Bonchev–Trinajstić information content (AvgIpc) is 2.90. The first-order valence-corrected chi connectivity index (χ1v) is 11.4. The molecule has 5 heteroatoms. The molecule has 0 saturated heterocycles. The largest absolute Gasteiger partial charge is 0.235 e. The van der Waals surface area contributed by atoms with Gasteiger partial charge < -0.3 is 0 Å². The van der Waals surface area contributed by atoms with Crippen molar-refractivity contribution in [1.29, 1.82) is 0 Å². The van der Waals surface area contributed by atoms with Crippen LogP contribution in [0.15, 0.2) is 36.8 Å². The van der Waals surface area contributed by atoms with Crippen molar-refractivity contribution in [1.82, 2.24) is 19.9 Å². The van der Waals surface area contributed by atoms with Crippen LogP contribution in [0.2, 0.25) is 0 Å². The number of aryl methyl sites for hydroxylation is 4. The molecule has 4 nitrogen and oxygen atoms in total. The van der Waals surface area contributed by atoms with Gasteiger partial charge in [0.05, 0.1) is 5.69 Å². The van der Waals surface area contributed by atoms with Gasteiger partial charge >= 0.3 is 0 Å². The molecule has 1 aromatic carbocycles. The summed E-state index contributed by atoms with van der Waals surface area (Å²) in [7, 11) is 0. The standard InChI is InChI=1S/C24H22N4S/c1-2-11-18-19(12-3-1)29-24-20(18)22(26-14-27-24)23-25-13-16-9-6-8-15-7-4-5-10-17(15)21(16)28-23/h4-5,7,10,13-14H,1-3,6,8-9,11-12H2. The third-order valence-electron chi connectivity index (χ3n) is 6.24. The van der Waals surface area contributed by atoms with Crippen LogP contribution in [0.4, 0.5) is 0 Å². The number of fused-ring (bicyclic) bond motifs is 6. The molecule has 29 heavy (non-hydrogen) atoms. The highest BCUT2D eigenvalue weighted by Crippen LogP contribution is 2.39. The van der Waals surface area contributed by atoms with E-state index in [0.29, 0.717) is 0 Å². The van der Waals surface area contributed by atoms with Gasteiger partial charge in [0, 0.05) is 22.0 Å². The van der Waals surface area contributed by atoms with Gasteiger partial charge in [-0.05, 0) is 61.6 Å². The fraction of sp³-hybridized carbons (Fsp3) is 0.333. The van der Waals surface area contributed by atoms with Gasteiger partial charge in [0.15, 0.2) is 5.82 Å². The highest BCUT2D eigenvalue weighted by Gasteiger charge is 2.23. The summed E-state index contributed by atoms with van der Waals surface area (Å²) in [5.41, 5.74) is 7.30. The van der Waals surface area contributed by atoms with Crippen molar-refractivity contribution < 1.29 is 0 Å². The number of hydrogen-bond acceptors (Lipinski definition) is 5. The molecular weight excluding hydrogens is 376 g/mol. The monoisotopic (exact) mass is 398 g/mol. The van der Waals surface area contributed by atoms with Gasteiger partial charge in [0.2, 0.25) is 0 Å². The van der Waals surface area contributed by atoms with Gasteiger partial charge in [-0.1, -0.05) is 30.7 Å². The number of hydrogen-bond donors (Lipinski definition) is 0. The minimum Gasteiger partial charge on any atom is -0.235 e. The molecule has 0 radical (unpaired) electrons. The van der Waals surface area contributed by atoms with Gasteiger partial charge in [-0.3, -0.25) is 0 Å². The van der Waals surface area contributed by atoms with Crippen LogP contribution >= 0.6 is 11.3 Å². The van der Waals surface area contributed by atoms with Gasteiger partial charge in [0.1, 0.15) is 16.9 Å². The van der Waals surface area contributed by atoms with E-state index in [1.54, 1.807) is 6.33 Å². The molecule has 0 N–H and O–H groups in total. The first-order chi connectivity index (χ1) is 14.4. The van der Waals surface area contributed by atoms with E-state index in [2.05, 4.69) is 34.2 Å². The van der Waals surface area contributed by atoms with Crippen molar-refractivity contribution >= 4 is 21.6 Å². The zero-order chi connectivity index (χ0) is 19.2. The molecule has 0 unspecified atom stereocenters. The van der Waals surface area contributed by atoms with Crippen LogP contribution in [0.3, 0.4) is 0 Å². The highest BCUT2D eigenvalue weighted by atomic mass is 32.1. The fourth-order valence-corrected chi connectivity index (χ4v) is 6.04. The summed E-state index contributed by atoms with van der Waals surface area (Å²) in [4.78, 5) is 21.7. The second-order valence-electron chi connectivity index (χ2n) is 8.05. The lowest BCUT2D eigenvalue weighted by molar-refractivity contribution is 0.713. The highest BCUT2D eigenvalue weighted by molar-refractivity contribution is 7.18. The minimum atomic E-state index is 0.734. The molecule has 2 aliphatic carbocycles. The Hall–Kier alpha value is -2.66. The Labute approximate surface area is 174 Å².